The van der Waals surface area contributed by atoms with Crippen LogP contribution in [0.15, 0.2) is 71.9 Å². The minimum Gasteiger partial charge on any atom is -0.394 e. The number of aromatic nitrogens is 4. The smallest absolute Gasteiger partial charge is 0.251 e. The molecule has 1 aromatic carbocycles. The number of hydrogen-bond donors (Lipinski definition) is 3. The number of nitrogens with zero attached hydrogens (tertiary/aromatic N) is 4. The third kappa shape index (κ3) is 5.54. The molecule has 0 bridgehead atoms. The molecule has 180 valence electrons. The van der Waals surface area contributed by atoms with E-state index in [9.17, 15) is 19.4 Å². The van der Waals surface area contributed by atoms with Crippen LogP contribution >= 0.6 is 11.6 Å². The van der Waals surface area contributed by atoms with Gasteiger partial charge >= 0.3 is 0 Å². The predicted molar refractivity (Wildman–Crippen MR) is 131 cm³/mol. The highest BCUT2D eigenvalue weighted by molar-refractivity contribution is 6.30. The van der Waals surface area contributed by atoms with Gasteiger partial charge in [-0.2, -0.15) is 0 Å². The molecule has 8 nitrogen and oxygen atoms in total. The molecule has 3 aromatic heterocycles. The molecule has 0 radical (unpaired) electrons. The first kappa shape index (κ1) is 24.5. The average molecular weight is 496 g/mol. The lowest BCUT2D eigenvalue weighted by molar-refractivity contribution is 0.0785. The van der Waals surface area contributed by atoms with E-state index in [0.717, 1.165) is 0 Å². The molecule has 1 atom stereocenters. The Morgan fingerprint density at radius 2 is 1.89 bits per heavy atom. The molecular weight excluding hydrogens is 473 g/mol. The van der Waals surface area contributed by atoms with Gasteiger partial charge in [-0.1, -0.05) is 17.7 Å². The third-order valence-electron chi connectivity index (χ3n) is 5.44. The minimum absolute atomic E-state index is 0.0386. The number of rotatable bonds is 7. The van der Waals surface area contributed by atoms with Crippen LogP contribution in [0.3, 0.4) is 0 Å². The van der Waals surface area contributed by atoms with Crippen molar-refractivity contribution >= 4 is 23.4 Å². The lowest BCUT2D eigenvalue weighted by Crippen LogP contribution is -2.27. The molecule has 4 aromatic rings. The van der Waals surface area contributed by atoms with Crippen LogP contribution in [0.1, 0.15) is 31.0 Å². The molecule has 0 amide bonds. The van der Waals surface area contributed by atoms with E-state index in [1.54, 1.807) is 56.6 Å². The first-order valence-electron chi connectivity index (χ1n) is 10.7. The monoisotopic (exact) mass is 495 g/mol. The summed E-state index contributed by atoms with van der Waals surface area (Å²) in [4.78, 5) is 25.8. The second-order valence-electron chi connectivity index (χ2n) is 8.41. The average Bonchev–Trinajstić information content (AvgIpc) is 2.82. The van der Waals surface area contributed by atoms with Gasteiger partial charge in [0, 0.05) is 30.2 Å². The zero-order valence-corrected chi connectivity index (χ0v) is 19.7. The van der Waals surface area contributed by atoms with Crippen molar-refractivity contribution in [2.75, 3.05) is 11.9 Å². The van der Waals surface area contributed by atoms with Crippen LogP contribution in [0.4, 0.5) is 16.2 Å². The van der Waals surface area contributed by atoms with Crippen LogP contribution in [0.25, 0.3) is 11.3 Å². The molecule has 0 aliphatic carbocycles. The standard InChI is InChI=1S/C25H23ClFN5O3/c1-25(2,35)17-5-8-28-22(13-17)31-24-29-9-6-20(30-24)15-7-10-32(23(34)12-15)21(14-33)16-3-4-18(26)19(27)11-16/h3-13,21,33,35H,14H2,1-2H3,(H,28,29,30,31)/t21-/m1/s1. The van der Waals surface area contributed by atoms with Crippen LogP contribution in [0.2, 0.25) is 5.02 Å². The van der Waals surface area contributed by atoms with Crippen molar-refractivity contribution in [1.29, 1.82) is 0 Å². The predicted octanol–water partition coefficient (Wildman–Crippen LogP) is 4.05. The van der Waals surface area contributed by atoms with Crippen molar-refractivity contribution in [3.8, 4) is 11.3 Å². The summed E-state index contributed by atoms with van der Waals surface area (Å²) >= 11 is 5.75. The van der Waals surface area contributed by atoms with Gasteiger partial charge in [-0.3, -0.25) is 4.79 Å². The van der Waals surface area contributed by atoms with E-state index in [2.05, 4.69) is 20.3 Å². The fraction of sp³-hybridized carbons (Fsp3) is 0.200. The zero-order chi connectivity index (χ0) is 25.2. The molecule has 10 heteroatoms. The maximum absolute atomic E-state index is 13.9. The van der Waals surface area contributed by atoms with Crippen LogP contribution in [0, 0.1) is 5.82 Å². The summed E-state index contributed by atoms with van der Waals surface area (Å²) in [7, 11) is 0. The molecule has 3 heterocycles. The molecule has 4 rings (SSSR count). The lowest BCUT2D eigenvalue weighted by Gasteiger charge is -2.19. The SMILES string of the molecule is CC(C)(O)c1ccnc(Nc2nccc(-c3ccn([C@H](CO)c4ccc(Cl)c(F)c4)c(=O)c3)n2)c1. The first-order chi connectivity index (χ1) is 16.7. The van der Waals surface area contributed by atoms with Crippen molar-refractivity contribution in [3.63, 3.8) is 0 Å². The van der Waals surface area contributed by atoms with Crippen LogP contribution in [-0.4, -0.2) is 36.3 Å². The number of aliphatic hydroxyl groups excluding tert-OH is 1. The van der Waals surface area contributed by atoms with E-state index in [1.165, 1.54) is 29.0 Å². The number of halogens is 2. The van der Waals surface area contributed by atoms with Crippen LogP contribution in [0.5, 0.6) is 0 Å². The highest BCUT2D eigenvalue weighted by atomic mass is 35.5. The zero-order valence-electron chi connectivity index (χ0n) is 19.0. The molecule has 0 saturated carbocycles. The van der Waals surface area contributed by atoms with Gasteiger partial charge in [0.1, 0.15) is 11.6 Å². The molecule has 35 heavy (non-hydrogen) atoms. The van der Waals surface area contributed by atoms with E-state index >= 15 is 0 Å². The molecule has 0 spiro atoms. The molecule has 0 aliphatic heterocycles. The van der Waals surface area contributed by atoms with Crippen molar-refractivity contribution in [1.82, 2.24) is 19.5 Å². The molecule has 0 unspecified atom stereocenters. The Kier molecular flexibility index (Phi) is 6.93. The first-order valence-corrected chi connectivity index (χ1v) is 11.1. The van der Waals surface area contributed by atoms with Crippen LogP contribution < -0.4 is 10.9 Å². The van der Waals surface area contributed by atoms with E-state index < -0.39 is 29.6 Å². The largest absolute Gasteiger partial charge is 0.394 e. The molecule has 0 aliphatic rings. The van der Waals surface area contributed by atoms with Crippen molar-refractivity contribution < 1.29 is 14.6 Å². The summed E-state index contributed by atoms with van der Waals surface area (Å²) in [5.74, 6) is 0.0889. The fourth-order valence-corrected chi connectivity index (χ4v) is 3.67. The third-order valence-corrected chi connectivity index (χ3v) is 5.75. The Morgan fingerprint density at radius 1 is 1.11 bits per heavy atom. The van der Waals surface area contributed by atoms with Gasteiger partial charge in [0.15, 0.2) is 0 Å². The number of nitrogens with one attached hydrogen (secondary N) is 1. The normalized spacial score (nSPS) is 12.4. The second-order valence-corrected chi connectivity index (χ2v) is 8.82. The van der Waals surface area contributed by atoms with E-state index in [1.807, 2.05) is 0 Å². The Morgan fingerprint density at radius 3 is 2.57 bits per heavy atom. The Bertz CT molecular complexity index is 1420. The topological polar surface area (TPSA) is 113 Å². The van der Waals surface area contributed by atoms with Gasteiger partial charge in [-0.15, -0.1) is 0 Å². The summed E-state index contributed by atoms with van der Waals surface area (Å²) < 4.78 is 15.2. The van der Waals surface area contributed by atoms with Gasteiger partial charge in [0.05, 0.1) is 29.0 Å². The summed E-state index contributed by atoms with van der Waals surface area (Å²) in [6.45, 7) is 2.95. The Labute approximate surface area is 205 Å². The highest BCUT2D eigenvalue weighted by Gasteiger charge is 2.18. The number of benzene rings is 1. The number of hydrogen-bond acceptors (Lipinski definition) is 7. The van der Waals surface area contributed by atoms with E-state index in [0.29, 0.717) is 28.2 Å². The van der Waals surface area contributed by atoms with Crippen molar-refractivity contribution in [2.24, 2.45) is 0 Å². The summed E-state index contributed by atoms with van der Waals surface area (Å²) in [6.07, 6.45) is 4.64. The summed E-state index contributed by atoms with van der Waals surface area (Å²) in [6, 6.07) is 11.5. The number of anilines is 2. The van der Waals surface area contributed by atoms with Crippen molar-refractivity contribution in [3.05, 3.63) is 99.4 Å². The molecular formula is C25H23ClFN5O3. The molecule has 3 N–H and O–H groups in total. The van der Waals surface area contributed by atoms with Gasteiger partial charge in [0.25, 0.3) is 5.56 Å². The summed E-state index contributed by atoms with van der Waals surface area (Å²) in [5, 5.41) is 23.1. The van der Waals surface area contributed by atoms with Gasteiger partial charge in [0.2, 0.25) is 5.95 Å². The van der Waals surface area contributed by atoms with Gasteiger partial charge in [-0.05, 0) is 61.4 Å². The fourth-order valence-electron chi connectivity index (χ4n) is 3.55. The van der Waals surface area contributed by atoms with Gasteiger partial charge in [-0.25, -0.2) is 19.3 Å². The minimum atomic E-state index is -1.03. The molecule has 0 saturated heterocycles. The maximum Gasteiger partial charge on any atom is 0.251 e. The van der Waals surface area contributed by atoms with Gasteiger partial charge < -0.3 is 20.1 Å². The van der Waals surface area contributed by atoms with Crippen molar-refractivity contribution in [2.45, 2.75) is 25.5 Å². The Balaban J connectivity index is 1.61. The highest BCUT2D eigenvalue weighted by Crippen LogP contribution is 2.25. The molecule has 0 fully saturated rings. The quantitative estimate of drug-likeness (QED) is 0.354. The maximum atomic E-state index is 13.9. The lowest BCUT2D eigenvalue weighted by atomic mass is 10.00. The van der Waals surface area contributed by atoms with E-state index in [-0.39, 0.29) is 11.0 Å². The Hall–Kier alpha value is -3.66. The van der Waals surface area contributed by atoms with E-state index in [4.69, 9.17) is 11.6 Å². The van der Waals surface area contributed by atoms with Crippen LogP contribution in [-0.2, 0) is 5.60 Å². The second kappa shape index (κ2) is 9.91. The number of aliphatic hydroxyl groups is 2. The summed E-state index contributed by atoms with van der Waals surface area (Å²) in [5.41, 5.74) is 0.685. The number of pyridine rings is 2.